The molecule has 6 nitrogen and oxygen atoms in total. The van der Waals surface area contributed by atoms with Crippen LogP contribution in [0.5, 0.6) is 0 Å². The summed E-state index contributed by atoms with van der Waals surface area (Å²) in [6, 6.07) is 16.0. The lowest BCUT2D eigenvalue weighted by Crippen LogP contribution is -2.49. The summed E-state index contributed by atoms with van der Waals surface area (Å²) in [5, 5.41) is 3.01. The zero-order valence-corrected chi connectivity index (χ0v) is 17.5. The Morgan fingerprint density at radius 2 is 1.55 bits per heavy atom. The number of Topliss-reactive ketones (excluding diaryl/α,β-unsaturated/α-hetero) is 1. The fourth-order valence-electron chi connectivity index (χ4n) is 3.44. The quantitative estimate of drug-likeness (QED) is 0.731. The fourth-order valence-corrected chi connectivity index (χ4v) is 3.44. The van der Waals surface area contributed by atoms with Gasteiger partial charge in [-0.3, -0.25) is 14.5 Å². The number of nitrogens with one attached hydrogen (secondary N) is 1. The van der Waals surface area contributed by atoms with E-state index in [4.69, 9.17) is 0 Å². The van der Waals surface area contributed by atoms with Gasteiger partial charge in [-0.1, -0.05) is 12.1 Å². The molecule has 0 radical (unpaired) electrons. The molecule has 1 aliphatic heterocycles. The predicted octanol–water partition coefficient (Wildman–Crippen LogP) is 2.39. The summed E-state index contributed by atoms with van der Waals surface area (Å²) < 4.78 is 0. The molecule has 1 N–H and O–H groups in total. The third-order valence-electron chi connectivity index (χ3n) is 5.32. The lowest BCUT2D eigenvalue weighted by Gasteiger charge is -2.35. The van der Waals surface area contributed by atoms with Crippen LogP contribution in [0.25, 0.3) is 0 Å². The highest BCUT2D eigenvalue weighted by Gasteiger charge is 2.19. The van der Waals surface area contributed by atoms with E-state index < -0.39 is 0 Å². The molecule has 0 spiro atoms. The van der Waals surface area contributed by atoms with Crippen LogP contribution in [0.3, 0.4) is 0 Å². The Labute approximate surface area is 173 Å². The number of carbonyl (C=O) groups is 2. The van der Waals surface area contributed by atoms with Gasteiger partial charge in [-0.2, -0.15) is 0 Å². The molecule has 1 saturated heterocycles. The second-order valence-corrected chi connectivity index (χ2v) is 7.70. The van der Waals surface area contributed by atoms with Gasteiger partial charge in [0, 0.05) is 63.8 Å². The van der Waals surface area contributed by atoms with Gasteiger partial charge in [0.25, 0.3) is 0 Å². The second kappa shape index (κ2) is 9.56. The van der Waals surface area contributed by atoms with Crippen molar-refractivity contribution in [2.75, 3.05) is 56.6 Å². The number of amides is 1. The molecular formula is C23H30N4O2. The van der Waals surface area contributed by atoms with Crippen molar-refractivity contribution < 1.29 is 9.59 Å². The van der Waals surface area contributed by atoms with Crippen LogP contribution in [0.1, 0.15) is 22.8 Å². The first-order valence-corrected chi connectivity index (χ1v) is 10.0. The minimum atomic E-state index is 0.0564. The predicted molar refractivity (Wildman–Crippen MR) is 118 cm³/mol. The topological polar surface area (TPSA) is 55.9 Å². The van der Waals surface area contributed by atoms with E-state index in [1.54, 1.807) is 6.92 Å². The summed E-state index contributed by atoms with van der Waals surface area (Å²) in [7, 11) is 4.02. The number of hydrogen-bond donors (Lipinski definition) is 1. The number of nitrogens with zero attached hydrogens (tertiary/aromatic N) is 3. The summed E-state index contributed by atoms with van der Waals surface area (Å²) in [4.78, 5) is 30.2. The molecule has 0 atom stereocenters. The summed E-state index contributed by atoms with van der Waals surface area (Å²) in [5.41, 5.74) is 4.11. The molecule has 29 heavy (non-hydrogen) atoms. The molecule has 3 rings (SSSR count). The van der Waals surface area contributed by atoms with Gasteiger partial charge in [0.2, 0.25) is 5.91 Å². The molecule has 1 aliphatic rings. The number of ketones is 1. The molecule has 0 unspecified atom stereocenters. The lowest BCUT2D eigenvalue weighted by molar-refractivity contribution is -0.122. The monoisotopic (exact) mass is 394 g/mol. The Morgan fingerprint density at radius 1 is 0.931 bits per heavy atom. The van der Waals surface area contributed by atoms with Crippen molar-refractivity contribution in [1.82, 2.24) is 10.2 Å². The van der Waals surface area contributed by atoms with E-state index >= 15 is 0 Å². The van der Waals surface area contributed by atoms with Gasteiger partial charge >= 0.3 is 0 Å². The van der Waals surface area contributed by atoms with Gasteiger partial charge in [-0.15, -0.1) is 0 Å². The van der Waals surface area contributed by atoms with Crippen LogP contribution in [0.4, 0.5) is 11.4 Å². The fraction of sp³-hybridized carbons (Fsp3) is 0.391. The van der Waals surface area contributed by atoms with Crippen LogP contribution in [-0.4, -0.2) is 63.4 Å². The molecule has 1 fully saturated rings. The van der Waals surface area contributed by atoms with E-state index in [0.29, 0.717) is 13.1 Å². The first-order valence-electron chi connectivity index (χ1n) is 10.0. The molecule has 2 aromatic rings. The van der Waals surface area contributed by atoms with Gasteiger partial charge < -0.3 is 15.1 Å². The van der Waals surface area contributed by atoms with E-state index in [1.165, 1.54) is 0 Å². The average molecular weight is 395 g/mol. The number of hydrogen-bond acceptors (Lipinski definition) is 5. The van der Waals surface area contributed by atoms with Crippen molar-refractivity contribution in [3.63, 3.8) is 0 Å². The first-order chi connectivity index (χ1) is 13.9. The molecule has 1 amide bonds. The Kier molecular flexibility index (Phi) is 6.88. The average Bonchev–Trinajstić information content (AvgIpc) is 2.73. The molecular weight excluding hydrogens is 364 g/mol. The number of rotatable bonds is 7. The van der Waals surface area contributed by atoms with Gasteiger partial charge in [-0.05, 0) is 48.9 Å². The van der Waals surface area contributed by atoms with Crippen LogP contribution in [0.15, 0.2) is 48.5 Å². The van der Waals surface area contributed by atoms with Gasteiger partial charge in [0.1, 0.15) is 0 Å². The summed E-state index contributed by atoms with van der Waals surface area (Å²) in [5.74, 6) is 0.141. The Morgan fingerprint density at radius 3 is 2.10 bits per heavy atom. The molecule has 1 heterocycles. The third-order valence-corrected chi connectivity index (χ3v) is 5.32. The summed E-state index contributed by atoms with van der Waals surface area (Å²) in [6.07, 6.45) is 0. The van der Waals surface area contributed by atoms with Crippen molar-refractivity contribution in [3.05, 3.63) is 59.7 Å². The molecule has 0 aromatic heterocycles. The van der Waals surface area contributed by atoms with E-state index in [0.717, 1.165) is 48.7 Å². The van der Waals surface area contributed by atoms with E-state index in [9.17, 15) is 9.59 Å². The highest BCUT2D eigenvalue weighted by Crippen LogP contribution is 2.17. The smallest absolute Gasteiger partial charge is 0.234 e. The maximum atomic E-state index is 12.3. The highest BCUT2D eigenvalue weighted by atomic mass is 16.2. The van der Waals surface area contributed by atoms with Crippen LogP contribution in [0.2, 0.25) is 0 Å². The van der Waals surface area contributed by atoms with Crippen molar-refractivity contribution in [2.24, 2.45) is 0 Å². The van der Waals surface area contributed by atoms with Crippen LogP contribution < -0.4 is 15.1 Å². The normalized spacial score (nSPS) is 14.5. The maximum Gasteiger partial charge on any atom is 0.234 e. The summed E-state index contributed by atoms with van der Waals surface area (Å²) in [6.45, 7) is 6.00. The minimum Gasteiger partial charge on any atom is -0.378 e. The largest absolute Gasteiger partial charge is 0.378 e. The van der Waals surface area contributed by atoms with Crippen molar-refractivity contribution in [3.8, 4) is 0 Å². The molecule has 0 aliphatic carbocycles. The van der Waals surface area contributed by atoms with Crippen LogP contribution in [0, 0.1) is 0 Å². The molecule has 0 bridgehead atoms. The van der Waals surface area contributed by atoms with E-state index in [-0.39, 0.29) is 11.7 Å². The van der Waals surface area contributed by atoms with Gasteiger partial charge in [-0.25, -0.2) is 0 Å². The second-order valence-electron chi connectivity index (χ2n) is 7.70. The number of anilines is 2. The molecule has 6 heteroatoms. The molecule has 2 aromatic carbocycles. The summed E-state index contributed by atoms with van der Waals surface area (Å²) >= 11 is 0. The standard InChI is InChI=1S/C23H30N4O2/c1-18(28)20-6-10-22(11-7-20)27-14-12-26(13-15-27)17-23(29)24-16-19-4-8-21(9-5-19)25(2)3/h4-11H,12-17H2,1-3H3,(H,24,29). The highest BCUT2D eigenvalue weighted by molar-refractivity contribution is 5.94. The van der Waals surface area contributed by atoms with Gasteiger partial charge in [0.15, 0.2) is 5.78 Å². The zero-order chi connectivity index (χ0) is 20.8. The Bertz CT molecular complexity index is 823. The Hall–Kier alpha value is -2.86. The zero-order valence-electron chi connectivity index (χ0n) is 17.5. The third kappa shape index (κ3) is 5.81. The van der Waals surface area contributed by atoms with Crippen molar-refractivity contribution >= 4 is 23.1 Å². The minimum absolute atomic E-state index is 0.0564. The maximum absolute atomic E-state index is 12.3. The van der Waals surface area contributed by atoms with E-state index in [1.807, 2.05) is 50.5 Å². The van der Waals surface area contributed by atoms with Crippen molar-refractivity contribution in [2.45, 2.75) is 13.5 Å². The van der Waals surface area contributed by atoms with Crippen LogP contribution in [-0.2, 0) is 11.3 Å². The van der Waals surface area contributed by atoms with Gasteiger partial charge in [0.05, 0.1) is 6.54 Å². The SMILES string of the molecule is CC(=O)c1ccc(N2CCN(CC(=O)NCc3ccc(N(C)C)cc3)CC2)cc1. The van der Waals surface area contributed by atoms with Crippen LogP contribution >= 0.6 is 0 Å². The number of benzene rings is 2. The Balaban J connectivity index is 1.41. The number of carbonyl (C=O) groups excluding carboxylic acids is 2. The van der Waals surface area contributed by atoms with E-state index in [2.05, 4.69) is 32.1 Å². The lowest BCUT2D eigenvalue weighted by atomic mass is 10.1. The van der Waals surface area contributed by atoms with Crippen molar-refractivity contribution in [1.29, 1.82) is 0 Å². The number of piperazine rings is 1. The molecule has 154 valence electrons. The first kappa shape index (κ1) is 20.9. The molecule has 0 saturated carbocycles.